The van der Waals surface area contributed by atoms with Crippen molar-refractivity contribution in [3.8, 4) is 5.88 Å². The molecule has 1 unspecified atom stereocenters. The molecule has 102 valence electrons. The fourth-order valence-corrected chi connectivity index (χ4v) is 1.66. The molecule has 1 rings (SSSR count). The molecule has 0 saturated heterocycles. The van der Waals surface area contributed by atoms with Gasteiger partial charge in [0.25, 0.3) is 0 Å². The molecule has 0 aliphatic carbocycles. The van der Waals surface area contributed by atoms with Crippen molar-refractivity contribution in [2.45, 2.75) is 39.2 Å². The summed E-state index contributed by atoms with van der Waals surface area (Å²) in [6.07, 6.45) is 4.63. The molecule has 1 heterocycles. The van der Waals surface area contributed by atoms with Crippen LogP contribution in [0.15, 0.2) is 12.4 Å². The van der Waals surface area contributed by atoms with Gasteiger partial charge in [-0.05, 0) is 12.8 Å². The average molecular weight is 253 g/mol. The van der Waals surface area contributed by atoms with Crippen molar-refractivity contribution < 1.29 is 9.47 Å². The van der Waals surface area contributed by atoms with Gasteiger partial charge < -0.3 is 14.8 Å². The Labute approximate surface area is 109 Å². The molecule has 1 aromatic heterocycles. The van der Waals surface area contributed by atoms with Gasteiger partial charge in [-0.1, -0.05) is 20.3 Å². The predicted molar refractivity (Wildman–Crippen MR) is 72.0 cm³/mol. The monoisotopic (exact) mass is 253 g/mol. The van der Waals surface area contributed by atoms with Gasteiger partial charge in [-0.3, -0.25) is 0 Å². The lowest BCUT2D eigenvalue weighted by atomic mass is 10.2. The van der Waals surface area contributed by atoms with Crippen molar-refractivity contribution in [2.24, 2.45) is 0 Å². The van der Waals surface area contributed by atoms with E-state index in [0.717, 1.165) is 25.1 Å². The van der Waals surface area contributed by atoms with E-state index in [4.69, 9.17) is 9.47 Å². The third-order valence-electron chi connectivity index (χ3n) is 2.45. The van der Waals surface area contributed by atoms with Crippen molar-refractivity contribution in [3.63, 3.8) is 0 Å². The van der Waals surface area contributed by atoms with E-state index in [1.807, 2.05) is 6.07 Å². The molecule has 0 aliphatic heterocycles. The van der Waals surface area contributed by atoms with E-state index in [-0.39, 0.29) is 6.04 Å². The molecule has 0 radical (unpaired) electrons. The van der Waals surface area contributed by atoms with Crippen LogP contribution in [-0.4, -0.2) is 36.3 Å². The Bertz CT molecular complexity index is 328. The first kappa shape index (κ1) is 14.7. The van der Waals surface area contributed by atoms with E-state index in [9.17, 15) is 0 Å². The molecule has 0 aromatic carbocycles. The highest BCUT2D eigenvalue weighted by Gasteiger charge is 2.08. The number of hydrogen-bond donors (Lipinski definition) is 1. The maximum absolute atomic E-state index is 5.47. The molecular weight excluding hydrogens is 230 g/mol. The Morgan fingerprint density at radius 1 is 1.28 bits per heavy atom. The summed E-state index contributed by atoms with van der Waals surface area (Å²) in [5.74, 6) is 1.40. The second-order valence-electron chi connectivity index (χ2n) is 4.18. The van der Waals surface area contributed by atoms with Gasteiger partial charge in [-0.25, -0.2) is 9.97 Å². The summed E-state index contributed by atoms with van der Waals surface area (Å²) >= 11 is 0. The fraction of sp³-hybridized carbons (Fsp3) is 0.692. The summed E-state index contributed by atoms with van der Waals surface area (Å²) in [5.41, 5.74) is 0. The quantitative estimate of drug-likeness (QED) is 0.732. The Hall–Kier alpha value is -1.36. The second-order valence-corrected chi connectivity index (χ2v) is 4.18. The van der Waals surface area contributed by atoms with Gasteiger partial charge in [0.2, 0.25) is 5.88 Å². The number of nitrogens with zero attached hydrogens (tertiary/aromatic N) is 2. The van der Waals surface area contributed by atoms with Crippen molar-refractivity contribution in [1.29, 1.82) is 0 Å². The summed E-state index contributed by atoms with van der Waals surface area (Å²) in [5, 5.41) is 3.34. The number of hydrogen-bond acceptors (Lipinski definition) is 5. The van der Waals surface area contributed by atoms with E-state index in [1.165, 1.54) is 6.33 Å². The molecule has 0 fully saturated rings. The molecule has 0 amide bonds. The van der Waals surface area contributed by atoms with Gasteiger partial charge in [-0.15, -0.1) is 0 Å². The highest BCUT2D eigenvalue weighted by molar-refractivity contribution is 5.38. The molecule has 1 aromatic rings. The van der Waals surface area contributed by atoms with Gasteiger partial charge in [-0.2, -0.15) is 0 Å². The van der Waals surface area contributed by atoms with Gasteiger partial charge >= 0.3 is 0 Å². The van der Waals surface area contributed by atoms with E-state index in [1.54, 1.807) is 7.11 Å². The van der Waals surface area contributed by atoms with Gasteiger partial charge in [0, 0.05) is 13.2 Å². The average Bonchev–Trinajstić information content (AvgIpc) is 2.37. The van der Waals surface area contributed by atoms with Crippen LogP contribution in [0.2, 0.25) is 0 Å². The maximum Gasteiger partial charge on any atom is 0.218 e. The van der Waals surface area contributed by atoms with E-state index >= 15 is 0 Å². The summed E-state index contributed by atoms with van der Waals surface area (Å²) in [6.45, 7) is 5.56. The van der Waals surface area contributed by atoms with Crippen molar-refractivity contribution in [3.05, 3.63) is 12.4 Å². The van der Waals surface area contributed by atoms with Crippen molar-refractivity contribution in [1.82, 2.24) is 9.97 Å². The highest BCUT2D eigenvalue weighted by atomic mass is 16.5. The van der Waals surface area contributed by atoms with E-state index < -0.39 is 0 Å². The molecule has 1 N–H and O–H groups in total. The molecule has 0 aliphatic rings. The SMILES string of the molecule is CCCOc1cc(NC(CCC)COC)ncn1. The second kappa shape index (κ2) is 8.69. The lowest BCUT2D eigenvalue weighted by Gasteiger charge is -2.17. The first-order valence-corrected chi connectivity index (χ1v) is 6.50. The van der Waals surface area contributed by atoms with Gasteiger partial charge in [0.15, 0.2) is 0 Å². The predicted octanol–water partition coefficient (Wildman–Crippen LogP) is 2.49. The maximum atomic E-state index is 5.47. The first-order valence-electron chi connectivity index (χ1n) is 6.50. The van der Waals surface area contributed by atoms with E-state index in [0.29, 0.717) is 19.1 Å². The Morgan fingerprint density at radius 2 is 2.11 bits per heavy atom. The number of aromatic nitrogens is 2. The third-order valence-corrected chi connectivity index (χ3v) is 2.45. The minimum Gasteiger partial charge on any atom is -0.478 e. The van der Waals surface area contributed by atoms with Crippen LogP contribution in [-0.2, 0) is 4.74 Å². The van der Waals surface area contributed by atoms with Crippen LogP contribution >= 0.6 is 0 Å². The molecule has 1 atom stereocenters. The van der Waals surface area contributed by atoms with Crippen molar-refractivity contribution >= 4 is 5.82 Å². The largest absolute Gasteiger partial charge is 0.478 e. The van der Waals surface area contributed by atoms with Crippen LogP contribution in [0.4, 0.5) is 5.82 Å². The molecule has 0 spiro atoms. The zero-order valence-corrected chi connectivity index (χ0v) is 11.5. The number of nitrogens with one attached hydrogen (secondary N) is 1. The minimum atomic E-state index is 0.272. The highest BCUT2D eigenvalue weighted by Crippen LogP contribution is 2.13. The van der Waals surface area contributed by atoms with Crippen LogP contribution in [0.25, 0.3) is 0 Å². The molecule has 18 heavy (non-hydrogen) atoms. The third kappa shape index (κ3) is 5.31. The summed E-state index contributed by atoms with van der Waals surface area (Å²) in [4.78, 5) is 8.27. The zero-order chi connectivity index (χ0) is 13.2. The lowest BCUT2D eigenvalue weighted by molar-refractivity contribution is 0.182. The summed E-state index contributed by atoms with van der Waals surface area (Å²) in [7, 11) is 1.71. The molecule has 0 saturated carbocycles. The van der Waals surface area contributed by atoms with Gasteiger partial charge in [0.1, 0.15) is 12.1 Å². The number of methoxy groups -OCH3 is 1. The molecular formula is C13H23N3O2. The lowest BCUT2D eigenvalue weighted by Crippen LogP contribution is -2.25. The van der Waals surface area contributed by atoms with Gasteiger partial charge in [0.05, 0.1) is 19.3 Å². The normalized spacial score (nSPS) is 12.2. The molecule has 5 heteroatoms. The van der Waals surface area contributed by atoms with E-state index in [2.05, 4.69) is 29.1 Å². The van der Waals surface area contributed by atoms with Crippen LogP contribution in [0.3, 0.4) is 0 Å². The van der Waals surface area contributed by atoms with Crippen LogP contribution in [0.5, 0.6) is 5.88 Å². The molecule has 0 bridgehead atoms. The Morgan fingerprint density at radius 3 is 2.78 bits per heavy atom. The van der Waals surface area contributed by atoms with Crippen LogP contribution < -0.4 is 10.1 Å². The van der Waals surface area contributed by atoms with Crippen molar-refractivity contribution in [2.75, 3.05) is 25.6 Å². The minimum absolute atomic E-state index is 0.272. The fourth-order valence-electron chi connectivity index (χ4n) is 1.66. The zero-order valence-electron chi connectivity index (χ0n) is 11.5. The number of ether oxygens (including phenoxy) is 2. The topological polar surface area (TPSA) is 56.3 Å². The van der Waals surface area contributed by atoms with Crippen LogP contribution in [0, 0.1) is 0 Å². The first-order chi connectivity index (χ1) is 8.80. The Balaban J connectivity index is 2.58. The number of anilines is 1. The summed E-state index contributed by atoms with van der Waals surface area (Å²) in [6, 6.07) is 2.10. The summed E-state index contributed by atoms with van der Waals surface area (Å²) < 4.78 is 10.7. The standard InChI is InChI=1S/C13H23N3O2/c1-4-6-11(9-17-3)16-12-8-13(15-10-14-12)18-7-5-2/h8,10-11H,4-7,9H2,1-3H3,(H,14,15,16). The van der Waals surface area contributed by atoms with Crippen LogP contribution in [0.1, 0.15) is 33.1 Å². The number of rotatable bonds is 9. The Kier molecular flexibility index (Phi) is 7.10. The molecule has 5 nitrogen and oxygen atoms in total. The smallest absolute Gasteiger partial charge is 0.218 e.